The lowest BCUT2D eigenvalue weighted by atomic mass is 10.8. The van der Waals surface area contributed by atoms with E-state index in [9.17, 15) is 9.13 Å². The first-order chi connectivity index (χ1) is 5.83. The fourth-order valence-electron chi connectivity index (χ4n) is 0.599. The Balaban J connectivity index is 4.62. The fourth-order valence-corrected chi connectivity index (χ4v) is 3.13. The van der Waals surface area contributed by atoms with Gasteiger partial charge < -0.3 is 9.79 Å². The average Bonchev–Trinajstić information content (AvgIpc) is 1.82. The summed E-state index contributed by atoms with van der Waals surface area (Å²) in [6, 6.07) is 0. The Kier molecular flexibility index (Phi) is 4.82. The summed E-state index contributed by atoms with van der Waals surface area (Å²) in [5.74, 6) is 1.69. The molecule has 0 aromatic heterocycles. The van der Waals surface area contributed by atoms with Gasteiger partial charge in [-0.15, -0.1) is 0 Å². The van der Waals surface area contributed by atoms with E-state index in [-0.39, 0.29) is 0 Å². The molecule has 2 unspecified atom stereocenters. The van der Waals surface area contributed by atoms with Crippen molar-refractivity contribution in [2.24, 2.45) is 0 Å². The second-order valence-electron chi connectivity index (χ2n) is 2.17. The third-order valence-electron chi connectivity index (χ3n) is 0.909. The van der Waals surface area contributed by atoms with E-state index in [1.165, 1.54) is 26.0 Å². The third-order valence-corrected chi connectivity index (χ3v) is 4.13. The van der Waals surface area contributed by atoms with Crippen molar-refractivity contribution >= 4 is 15.2 Å². The molecular weight excluding hydrogens is 214 g/mol. The summed E-state index contributed by atoms with van der Waals surface area (Å²) < 4.78 is 26.1. The zero-order chi connectivity index (χ0) is 10.5. The van der Waals surface area contributed by atoms with Gasteiger partial charge in [-0.3, -0.25) is 9.13 Å². The zero-order valence-corrected chi connectivity index (χ0v) is 9.11. The van der Waals surface area contributed by atoms with E-state index in [0.717, 1.165) is 11.6 Å². The molecule has 0 aliphatic rings. The second-order valence-corrected chi connectivity index (χ2v) is 5.68. The summed E-state index contributed by atoms with van der Waals surface area (Å²) in [5, 5.41) is 0. The van der Waals surface area contributed by atoms with Gasteiger partial charge in [0.25, 0.3) is 0 Å². The Hall–Kier alpha value is -0.180. The van der Waals surface area contributed by atoms with Gasteiger partial charge in [0, 0.05) is 11.6 Å². The van der Waals surface area contributed by atoms with Crippen LogP contribution in [-0.2, 0) is 13.4 Å². The molecule has 76 valence electrons. The molecule has 0 rings (SSSR count). The highest BCUT2D eigenvalue weighted by atomic mass is 31.3. The Morgan fingerprint density at radius 2 is 1.31 bits per heavy atom. The fraction of sp³-hybridized carbons (Fsp3) is 0.333. The van der Waals surface area contributed by atoms with E-state index in [2.05, 4.69) is 4.31 Å². The molecule has 0 aliphatic carbocycles. The summed E-state index contributed by atoms with van der Waals surface area (Å²) in [5.41, 5.74) is 0. The molecule has 0 saturated heterocycles. The molecule has 7 heteroatoms. The van der Waals surface area contributed by atoms with Gasteiger partial charge >= 0.3 is 15.2 Å². The van der Waals surface area contributed by atoms with Crippen molar-refractivity contribution in [3.8, 4) is 0 Å². The summed E-state index contributed by atoms with van der Waals surface area (Å²) in [7, 11) is -8.18. The molecular formula is C6H12O5P2. The molecule has 5 nitrogen and oxygen atoms in total. The molecule has 0 saturated carbocycles. The predicted molar refractivity (Wildman–Crippen MR) is 50.4 cm³/mol. The molecule has 2 atom stereocenters. The van der Waals surface area contributed by atoms with Crippen molar-refractivity contribution in [2.45, 2.75) is 13.8 Å². The molecule has 0 fully saturated rings. The number of hydrogen-bond donors (Lipinski definition) is 2. The Bertz CT molecular complexity index is 276. The maximum absolute atomic E-state index is 11.0. The minimum absolute atomic E-state index is 0.847. The first kappa shape index (κ1) is 12.8. The van der Waals surface area contributed by atoms with Crippen LogP contribution in [0.15, 0.2) is 23.8 Å². The van der Waals surface area contributed by atoms with Gasteiger partial charge in [0.1, 0.15) is 0 Å². The lowest BCUT2D eigenvalue weighted by Gasteiger charge is -2.10. The van der Waals surface area contributed by atoms with Crippen LogP contribution in [0, 0.1) is 0 Å². The summed E-state index contributed by atoms with van der Waals surface area (Å²) in [6.07, 6.45) is 2.55. The van der Waals surface area contributed by atoms with Gasteiger partial charge in [-0.2, -0.15) is 0 Å². The van der Waals surface area contributed by atoms with Crippen LogP contribution in [0.1, 0.15) is 13.8 Å². The highest BCUT2D eigenvalue weighted by Gasteiger charge is 2.26. The average molecular weight is 226 g/mol. The number of allylic oxidation sites excluding steroid dienone is 2. The highest BCUT2D eigenvalue weighted by Crippen LogP contribution is 2.60. The van der Waals surface area contributed by atoms with E-state index >= 15 is 0 Å². The van der Waals surface area contributed by atoms with Crippen molar-refractivity contribution in [2.75, 3.05) is 0 Å². The Morgan fingerprint density at radius 1 is 1.00 bits per heavy atom. The van der Waals surface area contributed by atoms with Crippen LogP contribution in [0.2, 0.25) is 0 Å². The first-order valence-electron chi connectivity index (χ1n) is 3.47. The highest BCUT2D eigenvalue weighted by molar-refractivity contribution is 7.69. The topological polar surface area (TPSA) is 83.8 Å². The van der Waals surface area contributed by atoms with E-state index < -0.39 is 15.2 Å². The van der Waals surface area contributed by atoms with Gasteiger partial charge in [0.05, 0.1) is 0 Å². The number of rotatable bonds is 4. The van der Waals surface area contributed by atoms with Crippen LogP contribution < -0.4 is 0 Å². The SMILES string of the molecule is C/C=C\P(=O)(O)OP(=O)(O)/C=C\C. The molecule has 0 aromatic rings. The van der Waals surface area contributed by atoms with Crippen LogP contribution in [-0.4, -0.2) is 9.79 Å². The van der Waals surface area contributed by atoms with Gasteiger partial charge in [-0.05, 0) is 13.8 Å². The Labute approximate surface area is 76.8 Å². The standard InChI is InChI=1S/C6H12O5P2/c1-3-5-12(7,8)11-13(9,10)6-4-2/h3-6H,1-2H3,(H,7,8)(H,9,10)/b5-3-,6-4-. The van der Waals surface area contributed by atoms with E-state index in [4.69, 9.17) is 9.79 Å². The van der Waals surface area contributed by atoms with Crippen molar-refractivity contribution in [1.82, 2.24) is 0 Å². The number of hydrogen-bond acceptors (Lipinski definition) is 3. The van der Waals surface area contributed by atoms with E-state index in [0.29, 0.717) is 0 Å². The van der Waals surface area contributed by atoms with Gasteiger partial charge in [-0.25, -0.2) is 4.31 Å². The first-order valence-corrected chi connectivity index (χ1v) is 6.76. The maximum Gasteiger partial charge on any atom is 0.358 e. The van der Waals surface area contributed by atoms with E-state index in [1.54, 1.807) is 0 Å². The largest absolute Gasteiger partial charge is 0.358 e. The second kappa shape index (κ2) is 4.89. The molecule has 0 bridgehead atoms. The molecule has 0 amide bonds. The lowest BCUT2D eigenvalue weighted by Crippen LogP contribution is -1.83. The molecule has 0 heterocycles. The van der Waals surface area contributed by atoms with E-state index in [1.807, 2.05) is 0 Å². The summed E-state index contributed by atoms with van der Waals surface area (Å²) in [6.45, 7) is 3.01. The predicted octanol–water partition coefficient (Wildman–Crippen LogP) is 2.44. The zero-order valence-electron chi connectivity index (χ0n) is 7.32. The van der Waals surface area contributed by atoms with Gasteiger partial charge in [-0.1, -0.05) is 12.2 Å². The van der Waals surface area contributed by atoms with Gasteiger partial charge in [0.2, 0.25) is 0 Å². The summed E-state index contributed by atoms with van der Waals surface area (Å²) in [4.78, 5) is 17.9. The molecule has 13 heavy (non-hydrogen) atoms. The molecule has 0 aromatic carbocycles. The van der Waals surface area contributed by atoms with Crippen molar-refractivity contribution in [3.63, 3.8) is 0 Å². The van der Waals surface area contributed by atoms with Crippen LogP contribution in [0.25, 0.3) is 0 Å². The quantitative estimate of drug-likeness (QED) is 0.719. The molecule has 0 aliphatic heterocycles. The normalized spacial score (nSPS) is 21.8. The Morgan fingerprint density at radius 3 is 1.54 bits per heavy atom. The molecule has 0 spiro atoms. The smallest absolute Gasteiger partial charge is 0.321 e. The lowest BCUT2D eigenvalue weighted by molar-refractivity contribution is 0.347. The van der Waals surface area contributed by atoms with Crippen LogP contribution in [0.3, 0.4) is 0 Å². The van der Waals surface area contributed by atoms with Crippen molar-refractivity contribution in [3.05, 3.63) is 23.8 Å². The minimum Gasteiger partial charge on any atom is -0.321 e. The van der Waals surface area contributed by atoms with Crippen molar-refractivity contribution < 1.29 is 23.2 Å². The minimum atomic E-state index is -4.09. The monoisotopic (exact) mass is 226 g/mol. The summed E-state index contributed by atoms with van der Waals surface area (Å²) >= 11 is 0. The van der Waals surface area contributed by atoms with Crippen LogP contribution in [0.5, 0.6) is 0 Å². The van der Waals surface area contributed by atoms with Crippen molar-refractivity contribution in [1.29, 1.82) is 0 Å². The van der Waals surface area contributed by atoms with Crippen LogP contribution >= 0.6 is 15.2 Å². The maximum atomic E-state index is 11.0. The van der Waals surface area contributed by atoms with Crippen LogP contribution in [0.4, 0.5) is 0 Å². The molecule has 2 N–H and O–H groups in total. The third kappa shape index (κ3) is 5.97. The molecule has 0 radical (unpaired) electrons. The van der Waals surface area contributed by atoms with Gasteiger partial charge in [0.15, 0.2) is 0 Å².